The van der Waals surface area contributed by atoms with Crippen molar-refractivity contribution in [2.45, 2.75) is 19.4 Å². The van der Waals surface area contributed by atoms with Crippen LogP contribution in [0, 0.1) is 11.6 Å². The first-order valence-corrected chi connectivity index (χ1v) is 4.36. The molecule has 0 aliphatic heterocycles. The van der Waals surface area contributed by atoms with Gasteiger partial charge in [-0.2, -0.15) is 0 Å². The SMILES string of the molecule is CC(O)CCOc1c(F)cccc1F. The number of benzene rings is 1. The van der Waals surface area contributed by atoms with E-state index in [-0.39, 0.29) is 12.4 Å². The van der Waals surface area contributed by atoms with Gasteiger partial charge < -0.3 is 9.84 Å². The van der Waals surface area contributed by atoms with Crippen LogP contribution < -0.4 is 4.74 Å². The molecular weight excluding hydrogens is 190 g/mol. The summed E-state index contributed by atoms with van der Waals surface area (Å²) < 4.78 is 30.8. The first-order valence-electron chi connectivity index (χ1n) is 4.36. The van der Waals surface area contributed by atoms with Crippen molar-refractivity contribution in [2.24, 2.45) is 0 Å². The van der Waals surface area contributed by atoms with Gasteiger partial charge in [0.1, 0.15) is 0 Å². The van der Waals surface area contributed by atoms with Crippen LogP contribution in [-0.2, 0) is 0 Å². The molecule has 0 saturated carbocycles. The lowest BCUT2D eigenvalue weighted by Gasteiger charge is -2.08. The zero-order valence-electron chi connectivity index (χ0n) is 7.84. The predicted molar refractivity (Wildman–Crippen MR) is 48.2 cm³/mol. The number of aliphatic hydroxyl groups excluding tert-OH is 1. The van der Waals surface area contributed by atoms with Gasteiger partial charge in [0.15, 0.2) is 17.4 Å². The smallest absolute Gasteiger partial charge is 0.190 e. The normalized spacial score (nSPS) is 12.6. The van der Waals surface area contributed by atoms with E-state index in [0.29, 0.717) is 6.42 Å². The minimum absolute atomic E-state index is 0.0928. The van der Waals surface area contributed by atoms with E-state index < -0.39 is 17.7 Å². The molecule has 0 fully saturated rings. The average molecular weight is 202 g/mol. The Morgan fingerprint density at radius 1 is 1.36 bits per heavy atom. The summed E-state index contributed by atoms with van der Waals surface area (Å²) in [6, 6.07) is 3.52. The molecule has 1 rings (SSSR count). The quantitative estimate of drug-likeness (QED) is 0.810. The van der Waals surface area contributed by atoms with Gasteiger partial charge in [0, 0.05) is 6.42 Å². The van der Waals surface area contributed by atoms with E-state index in [4.69, 9.17) is 9.84 Å². The van der Waals surface area contributed by atoms with Gasteiger partial charge in [-0.3, -0.25) is 0 Å². The van der Waals surface area contributed by atoms with Crippen molar-refractivity contribution >= 4 is 0 Å². The van der Waals surface area contributed by atoms with Gasteiger partial charge in [-0.25, -0.2) is 8.78 Å². The minimum atomic E-state index is -0.726. The lowest BCUT2D eigenvalue weighted by molar-refractivity contribution is 0.152. The van der Waals surface area contributed by atoms with Gasteiger partial charge >= 0.3 is 0 Å². The van der Waals surface area contributed by atoms with E-state index in [0.717, 1.165) is 12.1 Å². The Hall–Kier alpha value is -1.16. The molecule has 1 unspecified atom stereocenters. The third kappa shape index (κ3) is 2.96. The highest BCUT2D eigenvalue weighted by Crippen LogP contribution is 2.20. The number of rotatable bonds is 4. The maximum absolute atomic E-state index is 12.9. The molecule has 0 spiro atoms. The van der Waals surface area contributed by atoms with Gasteiger partial charge in [-0.15, -0.1) is 0 Å². The van der Waals surface area contributed by atoms with Crippen LogP contribution in [0.2, 0.25) is 0 Å². The highest BCUT2D eigenvalue weighted by atomic mass is 19.1. The molecule has 0 saturated heterocycles. The monoisotopic (exact) mass is 202 g/mol. The predicted octanol–water partition coefficient (Wildman–Crippen LogP) is 2.11. The van der Waals surface area contributed by atoms with E-state index >= 15 is 0 Å². The van der Waals surface area contributed by atoms with Gasteiger partial charge in [0.25, 0.3) is 0 Å². The third-order valence-electron chi connectivity index (χ3n) is 1.70. The topological polar surface area (TPSA) is 29.5 Å². The number of para-hydroxylation sites is 1. The molecule has 1 aromatic carbocycles. The van der Waals surface area contributed by atoms with Crippen LogP contribution in [0.5, 0.6) is 5.75 Å². The van der Waals surface area contributed by atoms with E-state index in [1.165, 1.54) is 6.07 Å². The molecule has 1 N–H and O–H groups in total. The van der Waals surface area contributed by atoms with Crippen LogP contribution in [0.4, 0.5) is 8.78 Å². The maximum atomic E-state index is 12.9. The number of hydrogen-bond acceptors (Lipinski definition) is 2. The van der Waals surface area contributed by atoms with Crippen molar-refractivity contribution in [1.29, 1.82) is 0 Å². The highest BCUT2D eigenvalue weighted by molar-refractivity contribution is 5.25. The first-order chi connectivity index (χ1) is 6.61. The lowest BCUT2D eigenvalue weighted by atomic mass is 10.3. The summed E-state index contributed by atoms with van der Waals surface area (Å²) >= 11 is 0. The van der Waals surface area contributed by atoms with Crippen LogP contribution in [0.1, 0.15) is 13.3 Å². The Morgan fingerprint density at radius 2 is 1.93 bits per heavy atom. The molecule has 1 atom stereocenters. The summed E-state index contributed by atoms with van der Waals surface area (Å²) in [5.74, 6) is -1.83. The Labute approximate surface area is 81.1 Å². The second kappa shape index (κ2) is 4.91. The fourth-order valence-electron chi connectivity index (χ4n) is 0.952. The molecule has 0 heterocycles. The van der Waals surface area contributed by atoms with E-state index in [1.807, 2.05) is 0 Å². The summed E-state index contributed by atoms with van der Waals surface area (Å²) in [5.41, 5.74) is 0. The van der Waals surface area contributed by atoms with E-state index in [1.54, 1.807) is 6.92 Å². The molecule has 14 heavy (non-hydrogen) atoms. The molecular formula is C10H12F2O2. The summed E-state index contributed by atoms with van der Waals surface area (Å²) in [5, 5.41) is 8.90. The van der Waals surface area contributed by atoms with Crippen molar-refractivity contribution in [1.82, 2.24) is 0 Å². The van der Waals surface area contributed by atoms with Gasteiger partial charge in [0.2, 0.25) is 0 Å². The van der Waals surface area contributed by atoms with Crippen molar-refractivity contribution in [3.8, 4) is 5.75 Å². The molecule has 4 heteroatoms. The molecule has 78 valence electrons. The van der Waals surface area contributed by atoms with Crippen molar-refractivity contribution in [3.63, 3.8) is 0 Å². The van der Waals surface area contributed by atoms with Crippen LogP contribution in [0.15, 0.2) is 18.2 Å². The van der Waals surface area contributed by atoms with Crippen LogP contribution in [0.3, 0.4) is 0 Å². The Balaban J connectivity index is 2.58. The van der Waals surface area contributed by atoms with Crippen LogP contribution in [-0.4, -0.2) is 17.8 Å². The number of ether oxygens (including phenoxy) is 1. The highest BCUT2D eigenvalue weighted by Gasteiger charge is 2.09. The van der Waals surface area contributed by atoms with Crippen LogP contribution >= 0.6 is 0 Å². The molecule has 0 radical (unpaired) electrons. The molecule has 0 aliphatic rings. The van der Waals surface area contributed by atoms with Crippen LogP contribution in [0.25, 0.3) is 0 Å². The lowest BCUT2D eigenvalue weighted by Crippen LogP contribution is -2.08. The maximum Gasteiger partial charge on any atom is 0.190 e. The zero-order valence-corrected chi connectivity index (χ0v) is 7.84. The standard InChI is InChI=1S/C10H12F2O2/c1-7(13)5-6-14-10-8(11)3-2-4-9(10)12/h2-4,7,13H,5-6H2,1H3. The number of aliphatic hydroxyl groups is 1. The second-order valence-corrected chi connectivity index (χ2v) is 3.04. The van der Waals surface area contributed by atoms with E-state index in [9.17, 15) is 8.78 Å². The molecule has 0 amide bonds. The Kier molecular flexibility index (Phi) is 3.83. The molecule has 2 nitrogen and oxygen atoms in total. The fourth-order valence-corrected chi connectivity index (χ4v) is 0.952. The third-order valence-corrected chi connectivity index (χ3v) is 1.70. The Morgan fingerprint density at radius 3 is 2.43 bits per heavy atom. The summed E-state index contributed by atoms with van der Waals surface area (Å²) in [6.07, 6.45) is -0.196. The largest absolute Gasteiger partial charge is 0.488 e. The first kappa shape index (κ1) is 10.9. The minimum Gasteiger partial charge on any atom is -0.488 e. The summed E-state index contributed by atoms with van der Waals surface area (Å²) in [4.78, 5) is 0. The second-order valence-electron chi connectivity index (χ2n) is 3.04. The fraction of sp³-hybridized carbons (Fsp3) is 0.400. The number of hydrogen-bond donors (Lipinski definition) is 1. The van der Waals surface area contributed by atoms with Gasteiger partial charge in [-0.05, 0) is 19.1 Å². The molecule has 0 aliphatic carbocycles. The Bertz CT molecular complexity index is 280. The molecule has 1 aromatic rings. The molecule has 0 aromatic heterocycles. The van der Waals surface area contributed by atoms with Crippen molar-refractivity contribution in [3.05, 3.63) is 29.8 Å². The van der Waals surface area contributed by atoms with Gasteiger partial charge in [0.05, 0.1) is 12.7 Å². The van der Waals surface area contributed by atoms with Crippen molar-refractivity contribution in [2.75, 3.05) is 6.61 Å². The summed E-state index contributed by atoms with van der Waals surface area (Å²) in [6.45, 7) is 1.68. The van der Waals surface area contributed by atoms with Crippen molar-refractivity contribution < 1.29 is 18.6 Å². The zero-order chi connectivity index (χ0) is 10.6. The van der Waals surface area contributed by atoms with Gasteiger partial charge in [-0.1, -0.05) is 6.07 Å². The average Bonchev–Trinajstić information content (AvgIpc) is 2.09. The molecule has 0 bridgehead atoms. The summed E-state index contributed by atoms with van der Waals surface area (Å²) in [7, 11) is 0. The van der Waals surface area contributed by atoms with E-state index in [2.05, 4.69) is 0 Å². The number of halogens is 2.